The van der Waals surface area contributed by atoms with Gasteiger partial charge >= 0.3 is 5.97 Å². The summed E-state index contributed by atoms with van der Waals surface area (Å²) in [5.74, 6) is -0.0861. The first-order chi connectivity index (χ1) is 13.5. The minimum atomic E-state index is -0.528. The van der Waals surface area contributed by atoms with Gasteiger partial charge in [-0.25, -0.2) is 4.79 Å². The third kappa shape index (κ3) is 5.49. The van der Waals surface area contributed by atoms with E-state index in [9.17, 15) is 9.90 Å². The highest BCUT2D eigenvalue weighted by molar-refractivity contribution is 5.95. The van der Waals surface area contributed by atoms with E-state index >= 15 is 0 Å². The van der Waals surface area contributed by atoms with E-state index < -0.39 is 5.97 Å². The highest BCUT2D eigenvalue weighted by Crippen LogP contribution is 2.36. The molecule has 2 aromatic rings. The number of aromatic hydroxyl groups is 1. The fraction of sp³-hybridized carbons (Fsp3) is 0.292. The van der Waals surface area contributed by atoms with E-state index in [0.29, 0.717) is 36.3 Å². The molecule has 0 heterocycles. The molecule has 0 amide bonds. The van der Waals surface area contributed by atoms with Crippen LogP contribution in [0.5, 0.6) is 11.5 Å². The van der Waals surface area contributed by atoms with Gasteiger partial charge in [0.15, 0.2) is 0 Å². The monoisotopic (exact) mass is 380 g/mol. The molecule has 28 heavy (non-hydrogen) atoms. The fourth-order valence-corrected chi connectivity index (χ4v) is 2.96. The van der Waals surface area contributed by atoms with Crippen molar-refractivity contribution in [3.05, 3.63) is 83.5 Å². The molecule has 0 aliphatic carbocycles. The van der Waals surface area contributed by atoms with Crippen LogP contribution in [0.15, 0.2) is 61.2 Å². The third-order valence-electron chi connectivity index (χ3n) is 4.27. The Kier molecular flexibility index (Phi) is 7.88. The van der Waals surface area contributed by atoms with Crippen LogP contribution in [0.1, 0.15) is 40.9 Å². The number of rotatable bonds is 10. The van der Waals surface area contributed by atoms with Gasteiger partial charge in [-0.15, -0.1) is 6.58 Å². The number of hydrogen-bond acceptors (Lipinski definition) is 4. The Hall–Kier alpha value is -3.01. The number of benzene rings is 2. The summed E-state index contributed by atoms with van der Waals surface area (Å²) in [7, 11) is 0. The standard InChI is InChI=1S/C24H28O4/c1-5-10-20-21(28-16-17(3)4)15-19(14-13-18-11-8-7-9-12-18)22(23(20)25)24(26)27-6-2/h5,7-9,11-12,15,25H,1,3,6,10,13-14,16H2,2,4H3. The van der Waals surface area contributed by atoms with E-state index in [1.54, 1.807) is 13.0 Å². The van der Waals surface area contributed by atoms with Gasteiger partial charge in [0, 0.05) is 5.56 Å². The molecule has 148 valence electrons. The van der Waals surface area contributed by atoms with Crippen molar-refractivity contribution in [2.75, 3.05) is 13.2 Å². The number of ether oxygens (including phenoxy) is 2. The van der Waals surface area contributed by atoms with Crippen molar-refractivity contribution < 1.29 is 19.4 Å². The Balaban J connectivity index is 2.48. The average molecular weight is 380 g/mol. The minimum absolute atomic E-state index is 0.0966. The van der Waals surface area contributed by atoms with Crippen molar-refractivity contribution in [2.24, 2.45) is 0 Å². The van der Waals surface area contributed by atoms with Gasteiger partial charge < -0.3 is 14.6 Å². The topological polar surface area (TPSA) is 55.8 Å². The zero-order valence-corrected chi connectivity index (χ0v) is 16.7. The molecule has 4 heteroatoms. The molecule has 0 aliphatic rings. The van der Waals surface area contributed by atoms with Gasteiger partial charge in [-0.05, 0) is 55.9 Å². The van der Waals surface area contributed by atoms with Crippen LogP contribution in [0.25, 0.3) is 0 Å². The number of aryl methyl sites for hydroxylation is 2. The van der Waals surface area contributed by atoms with E-state index in [1.165, 1.54) is 0 Å². The molecule has 4 nitrogen and oxygen atoms in total. The van der Waals surface area contributed by atoms with Crippen LogP contribution in [0, 0.1) is 0 Å². The third-order valence-corrected chi connectivity index (χ3v) is 4.27. The molecule has 0 spiro atoms. The summed E-state index contributed by atoms with van der Waals surface area (Å²) >= 11 is 0. The smallest absolute Gasteiger partial charge is 0.342 e. The predicted octanol–water partition coefficient (Wildman–Crippen LogP) is 5.04. The van der Waals surface area contributed by atoms with E-state index in [-0.39, 0.29) is 17.9 Å². The van der Waals surface area contributed by atoms with Gasteiger partial charge in [0.25, 0.3) is 0 Å². The van der Waals surface area contributed by atoms with Gasteiger partial charge in [-0.1, -0.05) is 43.0 Å². The van der Waals surface area contributed by atoms with E-state index in [0.717, 1.165) is 17.6 Å². The summed E-state index contributed by atoms with van der Waals surface area (Å²) in [6.07, 6.45) is 3.35. The van der Waals surface area contributed by atoms with E-state index in [1.807, 2.05) is 43.3 Å². The van der Waals surface area contributed by atoms with Crippen LogP contribution < -0.4 is 4.74 Å². The zero-order chi connectivity index (χ0) is 20.5. The lowest BCUT2D eigenvalue weighted by atomic mass is 9.94. The maximum Gasteiger partial charge on any atom is 0.342 e. The highest BCUT2D eigenvalue weighted by atomic mass is 16.5. The lowest BCUT2D eigenvalue weighted by Gasteiger charge is -2.18. The van der Waals surface area contributed by atoms with Crippen LogP contribution in [0.2, 0.25) is 0 Å². The predicted molar refractivity (Wildman–Crippen MR) is 112 cm³/mol. The largest absolute Gasteiger partial charge is 0.507 e. The molecule has 0 fully saturated rings. The average Bonchev–Trinajstić information content (AvgIpc) is 2.67. The van der Waals surface area contributed by atoms with Crippen LogP contribution >= 0.6 is 0 Å². The number of esters is 1. The van der Waals surface area contributed by atoms with Crippen LogP contribution in [-0.2, 0) is 24.0 Å². The van der Waals surface area contributed by atoms with E-state index in [4.69, 9.17) is 9.47 Å². The molecule has 1 N–H and O–H groups in total. The van der Waals surface area contributed by atoms with Crippen LogP contribution in [0.3, 0.4) is 0 Å². The quantitative estimate of drug-likeness (QED) is 0.463. The first kappa shape index (κ1) is 21.3. The second-order valence-electron chi connectivity index (χ2n) is 6.68. The lowest BCUT2D eigenvalue weighted by molar-refractivity contribution is 0.0521. The molecule has 0 bridgehead atoms. The molecule has 2 rings (SSSR count). The number of allylic oxidation sites excluding steroid dienone is 1. The van der Waals surface area contributed by atoms with Crippen molar-refractivity contribution in [3.8, 4) is 11.5 Å². The second-order valence-corrected chi connectivity index (χ2v) is 6.68. The molecule has 0 aromatic heterocycles. The van der Waals surface area contributed by atoms with Gasteiger partial charge in [-0.2, -0.15) is 0 Å². The molecule has 0 aliphatic heterocycles. The number of phenolic OH excluding ortho intramolecular Hbond substituents is 1. The van der Waals surface area contributed by atoms with Gasteiger partial charge in [0.2, 0.25) is 0 Å². The zero-order valence-electron chi connectivity index (χ0n) is 16.7. The maximum atomic E-state index is 12.6. The number of carbonyl (C=O) groups is 1. The Morgan fingerprint density at radius 1 is 1.21 bits per heavy atom. The van der Waals surface area contributed by atoms with Crippen molar-refractivity contribution in [1.82, 2.24) is 0 Å². The van der Waals surface area contributed by atoms with Gasteiger partial charge in [0.1, 0.15) is 23.7 Å². The molecular weight excluding hydrogens is 352 g/mol. The molecule has 0 saturated carbocycles. The first-order valence-electron chi connectivity index (χ1n) is 9.44. The highest BCUT2D eigenvalue weighted by Gasteiger charge is 2.24. The van der Waals surface area contributed by atoms with Crippen molar-refractivity contribution in [3.63, 3.8) is 0 Å². The molecule has 0 atom stereocenters. The Bertz CT molecular complexity index is 837. The van der Waals surface area contributed by atoms with E-state index in [2.05, 4.69) is 13.2 Å². The van der Waals surface area contributed by atoms with Gasteiger partial charge in [-0.3, -0.25) is 0 Å². The summed E-state index contributed by atoms with van der Waals surface area (Å²) in [5, 5.41) is 10.9. The van der Waals surface area contributed by atoms with Crippen molar-refractivity contribution in [2.45, 2.75) is 33.1 Å². The minimum Gasteiger partial charge on any atom is -0.507 e. The SMILES string of the molecule is C=CCc1c(OCC(=C)C)cc(CCc2ccccc2)c(C(=O)OCC)c1O. The summed E-state index contributed by atoms with van der Waals surface area (Å²) in [6, 6.07) is 11.8. The summed E-state index contributed by atoms with van der Waals surface area (Å²) in [6.45, 7) is 11.8. The fourth-order valence-electron chi connectivity index (χ4n) is 2.96. The van der Waals surface area contributed by atoms with Crippen LogP contribution in [-0.4, -0.2) is 24.3 Å². The first-order valence-corrected chi connectivity index (χ1v) is 9.44. The molecule has 0 radical (unpaired) electrons. The van der Waals surface area contributed by atoms with Crippen LogP contribution in [0.4, 0.5) is 0 Å². The summed E-state index contributed by atoms with van der Waals surface area (Å²) in [5.41, 5.74) is 3.45. The number of hydrogen-bond donors (Lipinski definition) is 1. The Labute approximate surface area is 167 Å². The molecule has 2 aromatic carbocycles. The Morgan fingerprint density at radius 3 is 2.54 bits per heavy atom. The summed E-state index contributed by atoms with van der Waals surface area (Å²) in [4.78, 5) is 12.6. The van der Waals surface area contributed by atoms with Crippen molar-refractivity contribution in [1.29, 1.82) is 0 Å². The number of phenols is 1. The second kappa shape index (κ2) is 10.4. The molecule has 0 unspecified atom stereocenters. The normalized spacial score (nSPS) is 10.4. The molecule has 0 saturated heterocycles. The summed E-state index contributed by atoms with van der Waals surface area (Å²) < 4.78 is 11.1. The van der Waals surface area contributed by atoms with Gasteiger partial charge in [0.05, 0.1) is 6.61 Å². The van der Waals surface area contributed by atoms with Crippen molar-refractivity contribution >= 4 is 5.97 Å². The maximum absolute atomic E-state index is 12.6. The lowest BCUT2D eigenvalue weighted by Crippen LogP contribution is -2.12. The number of carbonyl (C=O) groups excluding carboxylic acids is 1. The molecular formula is C24H28O4. The Morgan fingerprint density at radius 2 is 1.93 bits per heavy atom.